The smallest absolute Gasteiger partial charge is 0.293 e. The fourth-order valence-corrected chi connectivity index (χ4v) is 3.85. The number of benzene rings is 2. The lowest BCUT2D eigenvalue weighted by atomic mass is 9.72. The highest BCUT2D eigenvalue weighted by Gasteiger charge is 2.36. The predicted molar refractivity (Wildman–Crippen MR) is 108 cm³/mol. The lowest BCUT2D eigenvalue weighted by Gasteiger charge is -2.39. The van der Waals surface area contributed by atoms with E-state index >= 15 is 0 Å². The summed E-state index contributed by atoms with van der Waals surface area (Å²) < 4.78 is 5.57. The molecule has 1 saturated heterocycles. The third kappa shape index (κ3) is 3.99. The normalized spacial score (nSPS) is 15.6. The van der Waals surface area contributed by atoms with Gasteiger partial charge in [-0.2, -0.15) is 0 Å². The second kappa shape index (κ2) is 8.39. The number of ether oxygens (including phenoxy) is 1. The Morgan fingerprint density at radius 2 is 1.93 bits per heavy atom. The molecule has 1 heterocycles. The van der Waals surface area contributed by atoms with E-state index < -0.39 is 4.92 Å². The first-order chi connectivity index (χ1) is 13.5. The van der Waals surface area contributed by atoms with Crippen molar-refractivity contribution in [2.24, 2.45) is 0 Å². The van der Waals surface area contributed by atoms with Crippen LogP contribution in [0.15, 0.2) is 42.5 Å². The number of hydrogen-bond donors (Lipinski definition) is 2. The van der Waals surface area contributed by atoms with Crippen LogP contribution in [-0.2, 0) is 10.2 Å². The van der Waals surface area contributed by atoms with Gasteiger partial charge in [-0.25, -0.2) is 0 Å². The molecule has 0 aliphatic carbocycles. The molecule has 0 radical (unpaired) electrons. The van der Waals surface area contributed by atoms with Crippen LogP contribution in [0.5, 0.6) is 0 Å². The Labute approximate surface area is 164 Å². The van der Waals surface area contributed by atoms with Gasteiger partial charge in [0.05, 0.1) is 4.92 Å². The number of hydrogen-bond acceptors (Lipinski definition) is 5. The molecule has 2 aromatic carbocycles. The highest BCUT2D eigenvalue weighted by atomic mass is 16.6. The van der Waals surface area contributed by atoms with Crippen LogP contribution in [0.4, 0.5) is 11.4 Å². The van der Waals surface area contributed by atoms with Crippen molar-refractivity contribution in [2.75, 3.05) is 32.1 Å². The molecule has 0 bridgehead atoms. The Kier molecular flexibility index (Phi) is 5.94. The number of aryl methyl sites for hydroxylation is 1. The molecule has 0 spiro atoms. The fourth-order valence-electron chi connectivity index (χ4n) is 3.85. The number of amides is 1. The number of nitro groups is 1. The van der Waals surface area contributed by atoms with Crippen molar-refractivity contribution < 1.29 is 14.5 Å². The van der Waals surface area contributed by atoms with Gasteiger partial charge in [0, 0.05) is 43.9 Å². The Morgan fingerprint density at radius 1 is 1.21 bits per heavy atom. The summed E-state index contributed by atoms with van der Waals surface area (Å²) in [6.45, 7) is 3.97. The molecule has 0 aromatic heterocycles. The number of nitrogens with one attached hydrogen (secondary N) is 2. The number of anilines is 1. The van der Waals surface area contributed by atoms with E-state index in [2.05, 4.69) is 29.7 Å². The highest BCUT2D eigenvalue weighted by molar-refractivity contribution is 5.95. The first-order valence-electron chi connectivity index (χ1n) is 9.35. The summed E-state index contributed by atoms with van der Waals surface area (Å²) in [5.74, 6) is -0.351. The fraction of sp³-hybridized carbons (Fsp3) is 0.381. The van der Waals surface area contributed by atoms with Gasteiger partial charge in [0.2, 0.25) is 0 Å². The highest BCUT2D eigenvalue weighted by Crippen LogP contribution is 2.38. The lowest BCUT2D eigenvalue weighted by Crippen LogP contribution is -2.40. The second-order valence-corrected chi connectivity index (χ2v) is 7.13. The maximum atomic E-state index is 11.8. The molecule has 3 rings (SSSR count). The van der Waals surface area contributed by atoms with Gasteiger partial charge in [0.1, 0.15) is 5.69 Å². The zero-order chi connectivity index (χ0) is 20.1. The average molecular weight is 383 g/mol. The van der Waals surface area contributed by atoms with Crippen molar-refractivity contribution in [2.45, 2.75) is 25.2 Å². The molecule has 1 aliphatic rings. The maximum absolute atomic E-state index is 11.8. The van der Waals surface area contributed by atoms with Gasteiger partial charge in [-0.3, -0.25) is 14.9 Å². The standard InChI is InChI=1S/C21H25N3O4/c1-15-5-3-4-6-17(15)21(9-11-28-12-10-21)14-23-18-8-7-16(20(25)22-2)13-19(18)24(26)27/h3-8,13,23H,9-12,14H2,1-2H3,(H,22,25). The van der Waals surface area contributed by atoms with Crippen LogP contribution in [0.1, 0.15) is 34.3 Å². The van der Waals surface area contributed by atoms with Crippen LogP contribution >= 0.6 is 0 Å². The minimum atomic E-state index is -0.459. The summed E-state index contributed by atoms with van der Waals surface area (Å²) in [6.07, 6.45) is 1.68. The minimum Gasteiger partial charge on any atom is -0.381 e. The molecule has 0 atom stereocenters. The van der Waals surface area contributed by atoms with Crippen molar-refractivity contribution in [3.05, 3.63) is 69.3 Å². The van der Waals surface area contributed by atoms with Crippen molar-refractivity contribution in [1.29, 1.82) is 0 Å². The van der Waals surface area contributed by atoms with Gasteiger partial charge in [-0.05, 0) is 43.0 Å². The van der Waals surface area contributed by atoms with E-state index in [9.17, 15) is 14.9 Å². The van der Waals surface area contributed by atoms with Gasteiger partial charge in [0.25, 0.3) is 11.6 Å². The zero-order valence-electron chi connectivity index (χ0n) is 16.2. The van der Waals surface area contributed by atoms with Crippen molar-refractivity contribution in [3.63, 3.8) is 0 Å². The molecule has 2 aromatic rings. The summed E-state index contributed by atoms with van der Waals surface area (Å²) in [5.41, 5.74) is 2.87. The number of nitro benzene ring substituents is 1. The van der Waals surface area contributed by atoms with E-state index in [1.807, 2.05) is 12.1 Å². The van der Waals surface area contributed by atoms with Gasteiger partial charge in [0.15, 0.2) is 0 Å². The number of carbonyl (C=O) groups is 1. The van der Waals surface area contributed by atoms with Crippen LogP contribution in [0.25, 0.3) is 0 Å². The van der Waals surface area contributed by atoms with Crippen LogP contribution in [0.3, 0.4) is 0 Å². The molecule has 2 N–H and O–H groups in total. The van der Waals surface area contributed by atoms with E-state index in [-0.39, 0.29) is 22.6 Å². The first kappa shape index (κ1) is 19.8. The number of rotatable bonds is 6. The number of carbonyl (C=O) groups excluding carboxylic acids is 1. The zero-order valence-corrected chi connectivity index (χ0v) is 16.2. The van der Waals surface area contributed by atoms with E-state index in [1.165, 1.54) is 24.2 Å². The molecular formula is C21H25N3O4. The van der Waals surface area contributed by atoms with Crippen LogP contribution < -0.4 is 10.6 Å². The molecule has 1 fully saturated rings. The van der Waals surface area contributed by atoms with Gasteiger partial charge in [-0.15, -0.1) is 0 Å². The summed E-state index contributed by atoms with van der Waals surface area (Å²) >= 11 is 0. The molecule has 0 saturated carbocycles. The molecule has 1 amide bonds. The largest absolute Gasteiger partial charge is 0.381 e. The lowest BCUT2D eigenvalue weighted by molar-refractivity contribution is -0.384. The quantitative estimate of drug-likeness (QED) is 0.589. The maximum Gasteiger partial charge on any atom is 0.293 e. The monoisotopic (exact) mass is 383 g/mol. The van der Waals surface area contributed by atoms with E-state index in [4.69, 9.17) is 4.74 Å². The first-order valence-corrected chi connectivity index (χ1v) is 9.35. The Morgan fingerprint density at radius 3 is 2.57 bits per heavy atom. The van der Waals surface area contributed by atoms with Crippen LogP contribution in [0, 0.1) is 17.0 Å². The summed E-state index contributed by atoms with van der Waals surface area (Å²) in [4.78, 5) is 22.9. The van der Waals surface area contributed by atoms with Crippen molar-refractivity contribution in [1.82, 2.24) is 5.32 Å². The molecule has 7 heteroatoms. The topological polar surface area (TPSA) is 93.5 Å². The number of nitrogens with zero attached hydrogens (tertiary/aromatic N) is 1. The Balaban J connectivity index is 1.91. The minimum absolute atomic E-state index is 0.104. The Hall–Kier alpha value is -2.93. The average Bonchev–Trinajstić information content (AvgIpc) is 2.72. The van der Waals surface area contributed by atoms with E-state index in [0.29, 0.717) is 25.4 Å². The SMILES string of the molecule is CNC(=O)c1ccc(NCC2(c3ccccc3C)CCOCC2)c([N+](=O)[O-])c1. The van der Waals surface area contributed by atoms with Crippen molar-refractivity contribution in [3.8, 4) is 0 Å². The summed E-state index contributed by atoms with van der Waals surface area (Å²) in [5, 5.41) is 17.3. The van der Waals surface area contributed by atoms with Gasteiger partial charge in [-0.1, -0.05) is 24.3 Å². The summed E-state index contributed by atoms with van der Waals surface area (Å²) in [6, 6.07) is 12.8. The Bertz CT molecular complexity index is 876. The van der Waals surface area contributed by atoms with E-state index in [0.717, 1.165) is 12.8 Å². The molecule has 0 unspecified atom stereocenters. The molecular weight excluding hydrogens is 358 g/mol. The van der Waals surface area contributed by atoms with E-state index in [1.54, 1.807) is 12.1 Å². The summed E-state index contributed by atoms with van der Waals surface area (Å²) in [7, 11) is 1.50. The van der Waals surface area contributed by atoms with Crippen molar-refractivity contribution >= 4 is 17.3 Å². The third-order valence-electron chi connectivity index (χ3n) is 5.47. The second-order valence-electron chi connectivity index (χ2n) is 7.13. The molecule has 7 nitrogen and oxygen atoms in total. The van der Waals surface area contributed by atoms with Gasteiger partial charge < -0.3 is 15.4 Å². The van der Waals surface area contributed by atoms with Crippen LogP contribution in [0.2, 0.25) is 0 Å². The molecule has 1 aliphatic heterocycles. The van der Waals surface area contributed by atoms with Gasteiger partial charge >= 0.3 is 0 Å². The molecule has 148 valence electrons. The van der Waals surface area contributed by atoms with Crippen LogP contribution in [-0.4, -0.2) is 37.6 Å². The third-order valence-corrected chi connectivity index (χ3v) is 5.47. The molecule has 28 heavy (non-hydrogen) atoms. The predicted octanol–water partition coefficient (Wildman–Crippen LogP) is 3.42.